The molecule has 3 N–H and O–H groups in total. The number of nitrogens with zero attached hydrogens (tertiary/aromatic N) is 1. The number of anilines is 1. The number of phenolic OH excluding ortho intramolecular Hbond substituents is 1. The van der Waals surface area contributed by atoms with Crippen LogP contribution in [0, 0.1) is 0 Å². The van der Waals surface area contributed by atoms with Crippen LogP contribution in [0.25, 0.3) is 0 Å². The number of nitrogens with two attached hydrogens (primary N) is 1. The van der Waals surface area contributed by atoms with Gasteiger partial charge in [0.1, 0.15) is 11.4 Å². The molecular formula is C16H28N2O3S. The average molecular weight is 328 g/mol. The monoisotopic (exact) mass is 328 g/mol. The summed E-state index contributed by atoms with van der Waals surface area (Å²) >= 11 is 1.63. The van der Waals surface area contributed by atoms with Crippen molar-refractivity contribution in [2.45, 2.75) is 52.7 Å². The fourth-order valence-corrected chi connectivity index (χ4v) is 2.97. The van der Waals surface area contributed by atoms with E-state index in [1.165, 1.54) is 0 Å². The average Bonchev–Trinajstić information content (AvgIpc) is 2.50. The summed E-state index contributed by atoms with van der Waals surface area (Å²) in [5.74, 6) is 0.826. The van der Waals surface area contributed by atoms with Crippen molar-refractivity contribution in [3.05, 3.63) is 17.7 Å². The zero-order valence-corrected chi connectivity index (χ0v) is 12.8. The molecule has 5 nitrogen and oxygen atoms in total. The smallest absolute Gasteiger partial charge is 0.410 e. The summed E-state index contributed by atoms with van der Waals surface area (Å²) in [7, 11) is 0. The molecule has 1 aliphatic rings. The highest BCUT2D eigenvalue weighted by molar-refractivity contribution is 7.99. The first-order chi connectivity index (χ1) is 9.26. The molecular weight excluding hydrogens is 300 g/mol. The van der Waals surface area contributed by atoms with Gasteiger partial charge in [-0.05, 0) is 38.5 Å². The third-order valence-corrected chi connectivity index (χ3v) is 3.92. The summed E-state index contributed by atoms with van der Waals surface area (Å²) in [6.07, 6.45) is -0.331. The molecule has 126 valence electrons. The van der Waals surface area contributed by atoms with Crippen molar-refractivity contribution in [2.24, 2.45) is 0 Å². The lowest BCUT2D eigenvalue weighted by atomic mass is 10.1. The Labute approximate surface area is 137 Å². The Balaban J connectivity index is 0.00000220. The topological polar surface area (TPSA) is 75.8 Å². The first kappa shape index (κ1) is 20.4. The summed E-state index contributed by atoms with van der Waals surface area (Å²) in [5.41, 5.74) is 6.45. The van der Waals surface area contributed by atoms with Gasteiger partial charge in [0.15, 0.2) is 0 Å². The highest BCUT2D eigenvalue weighted by atomic mass is 32.2. The Hall–Kier alpha value is -1.56. The van der Waals surface area contributed by atoms with E-state index in [0.717, 1.165) is 16.2 Å². The number of benzene rings is 1. The van der Waals surface area contributed by atoms with E-state index in [1.807, 2.05) is 20.8 Å². The lowest BCUT2D eigenvalue weighted by molar-refractivity contribution is 0.0247. The van der Waals surface area contributed by atoms with Gasteiger partial charge in [-0.2, -0.15) is 0 Å². The first-order valence-corrected chi connectivity index (χ1v) is 7.47. The molecule has 2 rings (SSSR count). The first-order valence-electron chi connectivity index (χ1n) is 6.48. The minimum atomic E-state index is -0.511. The summed E-state index contributed by atoms with van der Waals surface area (Å²) < 4.78 is 5.39. The Bertz CT molecular complexity index is 527. The van der Waals surface area contributed by atoms with Gasteiger partial charge in [0, 0.05) is 17.2 Å². The predicted molar refractivity (Wildman–Crippen MR) is 93.3 cm³/mol. The van der Waals surface area contributed by atoms with E-state index in [-0.39, 0.29) is 26.7 Å². The molecule has 0 bridgehead atoms. The zero-order chi connectivity index (χ0) is 14.9. The lowest BCUT2D eigenvalue weighted by Crippen LogP contribution is -2.37. The molecule has 1 amide bonds. The molecule has 1 heterocycles. The van der Waals surface area contributed by atoms with Crippen LogP contribution in [-0.2, 0) is 11.3 Å². The molecule has 0 radical (unpaired) electrons. The number of nitrogen functional groups attached to an aromatic ring is 1. The molecule has 22 heavy (non-hydrogen) atoms. The van der Waals surface area contributed by atoms with Gasteiger partial charge in [0.2, 0.25) is 0 Å². The Morgan fingerprint density at radius 2 is 2.00 bits per heavy atom. The molecule has 0 aromatic heterocycles. The van der Waals surface area contributed by atoms with Crippen LogP contribution in [0.5, 0.6) is 5.75 Å². The van der Waals surface area contributed by atoms with Crippen LogP contribution < -0.4 is 5.73 Å². The van der Waals surface area contributed by atoms with Gasteiger partial charge in [-0.1, -0.05) is 14.9 Å². The van der Waals surface area contributed by atoms with Crippen LogP contribution in [0.15, 0.2) is 17.0 Å². The molecule has 0 saturated carbocycles. The molecule has 0 unspecified atom stereocenters. The highest BCUT2D eigenvalue weighted by Gasteiger charge is 2.25. The summed E-state index contributed by atoms with van der Waals surface area (Å²) in [5, 5.41) is 9.71. The Morgan fingerprint density at radius 3 is 2.59 bits per heavy atom. The summed E-state index contributed by atoms with van der Waals surface area (Å²) in [6, 6.07) is 3.38. The van der Waals surface area contributed by atoms with Crippen molar-refractivity contribution in [1.82, 2.24) is 4.90 Å². The summed E-state index contributed by atoms with van der Waals surface area (Å²) in [4.78, 5) is 14.8. The second-order valence-electron chi connectivity index (χ2n) is 5.77. The number of hydrogen-bond acceptors (Lipinski definition) is 5. The van der Waals surface area contributed by atoms with Crippen LogP contribution in [-0.4, -0.2) is 34.0 Å². The molecule has 1 aromatic rings. The van der Waals surface area contributed by atoms with Gasteiger partial charge in [0.25, 0.3) is 0 Å². The molecule has 0 aliphatic carbocycles. The van der Waals surface area contributed by atoms with E-state index in [9.17, 15) is 9.90 Å². The van der Waals surface area contributed by atoms with Gasteiger partial charge >= 0.3 is 6.09 Å². The highest BCUT2D eigenvalue weighted by Crippen LogP contribution is 2.34. The van der Waals surface area contributed by atoms with Crippen molar-refractivity contribution in [1.29, 1.82) is 0 Å². The Morgan fingerprint density at radius 1 is 1.36 bits per heavy atom. The minimum Gasteiger partial charge on any atom is -0.506 e. The van der Waals surface area contributed by atoms with E-state index >= 15 is 0 Å². The van der Waals surface area contributed by atoms with E-state index in [2.05, 4.69) is 0 Å². The number of hydrogen-bond donors (Lipinski definition) is 2. The van der Waals surface area contributed by atoms with Crippen molar-refractivity contribution in [2.75, 3.05) is 18.0 Å². The van der Waals surface area contributed by atoms with Crippen LogP contribution in [0.2, 0.25) is 0 Å². The van der Waals surface area contributed by atoms with Gasteiger partial charge < -0.3 is 20.5 Å². The molecule has 1 aliphatic heterocycles. The SMILES string of the molecule is C.C.CC(C)(C)OC(=O)N1CCSc2cc(N)c(O)cc2C1. The van der Waals surface area contributed by atoms with Crippen LogP contribution in [0.1, 0.15) is 41.2 Å². The van der Waals surface area contributed by atoms with Gasteiger partial charge in [-0.15, -0.1) is 11.8 Å². The van der Waals surface area contributed by atoms with Crippen molar-refractivity contribution in [3.63, 3.8) is 0 Å². The number of phenols is 1. The number of carbonyl (C=O) groups excluding carboxylic acids is 1. The molecule has 0 spiro atoms. The van der Waals surface area contributed by atoms with Crippen LogP contribution >= 0.6 is 11.8 Å². The molecule has 6 heteroatoms. The van der Waals surface area contributed by atoms with E-state index in [4.69, 9.17) is 10.5 Å². The third kappa shape index (κ3) is 5.02. The number of aromatic hydroxyl groups is 1. The summed E-state index contributed by atoms with van der Waals surface area (Å²) in [6.45, 7) is 6.56. The van der Waals surface area contributed by atoms with Gasteiger partial charge in [-0.25, -0.2) is 4.79 Å². The van der Waals surface area contributed by atoms with Crippen molar-refractivity contribution >= 4 is 23.5 Å². The van der Waals surface area contributed by atoms with E-state index < -0.39 is 5.60 Å². The quantitative estimate of drug-likeness (QED) is 0.554. The standard InChI is InChI=1S/C14H20N2O3S.2CH4/c1-14(2,3)19-13(18)16-4-5-20-12-7-10(15)11(17)6-9(12)8-16;;/h6-7,17H,4-5,8,15H2,1-3H3;2*1H4. The van der Waals surface area contributed by atoms with Crippen molar-refractivity contribution < 1.29 is 14.6 Å². The Kier molecular flexibility index (Phi) is 7.09. The van der Waals surface area contributed by atoms with E-state index in [1.54, 1.807) is 28.8 Å². The number of amides is 1. The lowest BCUT2D eigenvalue weighted by Gasteiger charge is -2.26. The maximum Gasteiger partial charge on any atom is 0.410 e. The van der Waals surface area contributed by atoms with Crippen LogP contribution in [0.4, 0.5) is 10.5 Å². The molecule has 0 atom stereocenters. The minimum absolute atomic E-state index is 0. The largest absolute Gasteiger partial charge is 0.506 e. The number of fused-ring (bicyclic) bond motifs is 1. The maximum absolute atomic E-state index is 12.1. The molecule has 0 saturated heterocycles. The normalized spacial score (nSPS) is 14.0. The molecule has 1 aromatic carbocycles. The number of carbonyl (C=O) groups is 1. The zero-order valence-electron chi connectivity index (χ0n) is 12.0. The van der Waals surface area contributed by atoms with Gasteiger partial charge in [-0.3, -0.25) is 0 Å². The second kappa shape index (κ2) is 7.63. The number of ether oxygens (including phenoxy) is 1. The number of rotatable bonds is 0. The second-order valence-corrected chi connectivity index (χ2v) is 6.91. The maximum atomic E-state index is 12.1. The fourth-order valence-electron chi connectivity index (χ4n) is 1.92. The third-order valence-electron chi connectivity index (χ3n) is 2.84. The number of thioether (sulfide) groups is 1. The predicted octanol–water partition coefficient (Wildman–Crippen LogP) is 4.09. The van der Waals surface area contributed by atoms with Crippen LogP contribution in [0.3, 0.4) is 0 Å². The van der Waals surface area contributed by atoms with Crippen molar-refractivity contribution in [3.8, 4) is 5.75 Å². The fraction of sp³-hybridized carbons (Fsp3) is 0.562. The van der Waals surface area contributed by atoms with Gasteiger partial charge in [0.05, 0.1) is 12.2 Å². The van der Waals surface area contributed by atoms with E-state index in [0.29, 0.717) is 18.8 Å². The molecule has 0 fully saturated rings.